The Morgan fingerprint density at radius 3 is 2.83 bits per heavy atom. The molecule has 0 N–H and O–H groups in total. The molecule has 23 heavy (non-hydrogen) atoms. The van der Waals surface area contributed by atoms with Crippen LogP contribution in [0.2, 0.25) is 0 Å². The van der Waals surface area contributed by atoms with Crippen LogP contribution in [0.4, 0.5) is 5.69 Å². The molecular weight excluding hydrogens is 326 g/mol. The van der Waals surface area contributed by atoms with Gasteiger partial charge in [-0.25, -0.2) is 4.21 Å². The summed E-state index contributed by atoms with van der Waals surface area (Å²) < 4.78 is 22.2. The molecule has 0 spiro atoms. The number of nitrogens with zero attached hydrogens (tertiary/aromatic N) is 3. The minimum absolute atomic E-state index is 0.00966. The lowest BCUT2D eigenvalue weighted by Gasteiger charge is -2.05. The monoisotopic (exact) mass is 335 g/mol. The molecule has 3 rings (SSSR count). The zero-order chi connectivity index (χ0) is 16.6. The van der Waals surface area contributed by atoms with Gasteiger partial charge in [0.15, 0.2) is 0 Å². The molecule has 0 radical (unpaired) electrons. The first-order valence-electron chi connectivity index (χ1n) is 6.25. The van der Waals surface area contributed by atoms with Crippen molar-refractivity contribution < 1.29 is 23.4 Å². The van der Waals surface area contributed by atoms with Crippen molar-refractivity contribution in [1.29, 1.82) is 0 Å². The highest BCUT2D eigenvalue weighted by Crippen LogP contribution is 2.29. The number of methoxy groups -OCH3 is 1. The van der Waals surface area contributed by atoms with Gasteiger partial charge in [-0.2, -0.15) is 0 Å². The molecule has 0 amide bonds. The van der Waals surface area contributed by atoms with Gasteiger partial charge in [0, 0.05) is 11.0 Å². The number of nitro benzene ring substituents is 1. The molecule has 2 aromatic carbocycles. The van der Waals surface area contributed by atoms with E-state index in [0.717, 1.165) is 6.07 Å². The molecule has 0 fully saturated rings. The molecular formula is C13H9N3O6S. The van der Waals surface area contributed by atoms with Crippen LogP contribution in [0.3, 0.4) is 0 Å². The van der Waals surface area contributed by atoms with Crippen LogP contribution in [0.15, 0.2) is 50.8 Å². The van der Waals surface area contributed by atoms with Crippen molar-refractivity contribution in [3.63, 3.8) is 0 Å². The third-order valence-corrected chi connectivity index (χ3v) is 4.54. The Morgan fingerprint density at radius 1 is 1.35 bits per heavy atom. The van der Waals surface area contributed by atoms with Gasteiger partial charge in [0.25, 0.3) is 0 Å². The van der Waals surface area contributed by atoms with Crippen molar-refractivity contribution >= 4 is 27.5 Å². The number of ether oxygens (including phenoxy) is 1. The lowest BCUT2D eigenvalue weighted by molar-refractivity contribution is -0.783. The topological polar surface area (TPSA) is 122 Å². The van der Waals surface area contributed by atoms with E-state index in [0.29, 0.717) is 10.6 Å². The fourth-order valence-electron chi connectivity index (χ4n) is 2.08. The summed E-state index contributed by atoms with van der Waals surface area (Å²) in [5.74, 6) is 0.495. The first kappa shape index (κ1) is 14.9. The van der Waals surface area contributed by atoms with Crippen molar-refractivity contribution in [2.75, 3.05) is 7.11 Å². The summed E-state index contributed by atoms with van der Waals surface area (Å²) in [5, 5.41) is 26.1. The standard InChI is InChI=1S/C13H9N3O6S/c1-21-8-3-2-4-9(7-8)23(20)11-6-5-10(15(17)18)12-13(11)16(19)22-14-12/h2-7H,1H3. The summed E-state index contributed by atoms with van der Waals surface area (Å²) in [4.78, 5) is 10.7. The van der Waals surface area contributed by atoms with Crippen LogP contribution in [0.1, 0.15) is 0 Å². The summed E-state index contributed by atoms with van der Waals surface area (Å²) in [6.45, 7) is 0. The van der Waals surface area contributed by atoms with Gasteiger partial charge >= 0.3 is 11.2 Å². The van der Waals surface area contributed by atoms with E-state index in [2.05, 4.69) is 9.79 Å². The highest BCUT2D eigenvalue weighted by Gasteiger charge is 2.28. The van der Waals surface area contributed by atoms with Crippen LogP contribution < -0.4 is 9.64 Å². The summed E-state index contributed by atoms with van der Waals surface area (Å²) in [6, 6.07) is 8.85. The number of aromatic nitrogens is 2. The lowest BCUT2D eigenvalue weighted by atomic mass is 10.3. The van der Waals surface area contributed by atoms with Crippen LogP contribution in [0, 0.1) is 15.3 Å². The van der Waals surface area contributed by atoms with E-state index in [1.807, 2.05) is 0 Å². The van der Waals surface area contributed by atoms with Crippen molar-refractivity contribution in [3.8, 4) is 5.75 Å². The fourth-order valence-corrected chi connectivity index (χ4v) is 3.29. The number of rotatable bonds is 4. The molecule has 1 atom stereocenters. The molecule has 0 saturated carbocycles. The Kier molecular flexibility index (Phi) is 3.66. The number of hydrogen-bond donors (Lipinski definition) is 0. The molecule has 118 valence electrons. The van der Waals surface area contributed by atoms with Gasteiger partial charge in [-0.05, 0) is 29.2 Å². The number of hydrogen-bond acceptors (Lipinski definition) is 7. The Bertz CT molecular complexity index is 939. The molecule has 0 aliphatic carbocycles. The Morgan fingerprint density at radius 2 is 2.13 bits per heavy atom. The molecule has 0 saturated heterocycles. The summed E-state index contributed by atoms with van der Waals surface area (Å²) in [6.07, 6.45) is 0. The zero-order valence-electron chi connectivity index (χ0n) is 11.7. The van der Waals surface area contributed by atoms with E-state index >= 15 is 0 Å². The molecule has 1 unspecified atom stereocenters. The first-order chi connectivity index (χ1) is 11.0. The van der Waals surface area contributed by atoms with E-state index < -0.39 is 21.4 Å². The highest BCUT2D eigenvalue weighted by atomic mass is 32.2. The van der Waals surface area contributed by atoms with Gasteiger partial charge in [-0.1, -0.05) is 6.07 Å². The Balaban J connectivity index is 2.20. The van der Waals surface area contributed by atoms with Gasteiger partial charge in [-0.3, -0.25) is 14.7 Å². The predicted molar refractivity (Wildman–Crippen MR) is 77.3 cm³/mol. The third kappa shape index (κ3) is 2.48. The van der Waals surface area contributed by atoms with Gasteiger partial charge in [0.1, 0.15) is 10.6 Å². The van der Waals surface area contributed by atoms with Crippen molar-refractivity contribution in [3.05, 3.63) is 51.7 Å². The maximum Gasteiger partial charge on any atom is 0.327 e. The average molecular weight is 335 g/mol. The molecule has 9 nitrogen and oxygen atoms in total. The minimum atomic E-state index is -1.77. The molecule has 0 bridgehead atoms. The molecule has 1 aromatic heterocycles. The zero-order valence-corrected chi connectivity index (χ0v) is 12.5. The summed E-state index contributed by atoms with van der Waals surface area (Å²) in [5.41, 5.74) is -0.885. The minimum Gasteiger partial charge on any atom is -0.497 e. The summed E-state index contributed by atoms with van der Waals surface area (Å²) in [7, 11) is -0.297. The smallest absolute Gasteiger partial charge is 0.327 e. The van der Waals surface area contributed by atoms with E-state index in [1.165, 1.54) is 13.2 Å². The first-order valence-corrected chi connectivity index (χ1v) is 7.40. The number of benzene rings is 2. The van der Waals surface area contributed by atoms with Crippen LogP contribution in [-0.4, -0.2) is 21.4 Å². The molecule has 10 heteroatoms. The molecule has 0 aliphatic rings. The quantitative estimate of drug-likeness (QED) is 0.402. The van der Waals surface area contributed by atoms with Crippen molar-refractivity contribution in [1.82, 2.24) is 5.16 Å². The van der Waals surface area contributed by atoms with E-state index in [4.69, 9.17) is 4.74 Å². The van der Waals surface area contributed by atoms with Gasteiger partial charge in [0.2, 0.25) is 5.52 Å². The highest BCUT2D eigenvalue weighted by molar-refractivity contribution is 7.85. The van der Waals surface area contributed by atoms with Crippen LogP contribution >= 0.6 is 0 Å². The maximum absolute atomic E-state index is 12.7. The third-order valence-electron chi connectivity index (χ3n) is 3.13. The van der Waals surface area contributed by atoms with Crippen LogP contribution in [0.5, 0.6) is 5.75 Å². The van der Waals surface area contributed by atoms with E-state index in [-0.39, 0.29) is 20.8 Å². The van der Waals surface area contributed by atoms with Crippen LogP contribution in [-0.2, 0) is 10.8 Å². The number of nitro groups is 1. The lowest BCUT2D eigenvalue weighted by Crippen LogP contribution is -2.24. The second kappa shape index (κ2) is 5.65. The SMILES string of the molecule is COc1cccc(S(=O)c2ccc([N+](=O)[O-])c3no[n+]([O-])c23)c1. The van der Waals surface area contributed by atoms with Gasteiger partial charge in [0.05, 0.1) is 28.0 Å². The number of non-ortho nitro benzene ring substituents is 1. The second-order valence-corrected chi connectivity index (χ2v) is 5.86. The van der Waals surface area contributed by atoms with Gasteiger partial charge < -0.3 is 9.94 Å². The van der Waals surface area contributed by atoms with E-state index in [1.54, 1.807) is 24.3 Å². The molecule has 3 aromatic rings. The largest absolute Gasteiger partial charge is 0.497 e. The van der Waals surface area contributed by atoms with Crippen LogP contribution in [0.25, 0.3) is 11.0 Å². The fraction of sp³-hybridized carbons (Fsp3) is 0.0769. The normalized spacial score (nSPS) is 12.2. The number of fused-ring (bicyclic) bond motifs is 1. The Labute approximate surface area is 131 Å². The second-order valence-electron chi connectivity index (χ2n) is 4.41. The summed E-state index contributed by atoms with van der Waals surface area (Å²) >= 11 is 0. The van der Waals surface area contributed by atoms with Gasteiger partial charge in [-0.15, -0.1) is 0 Å². The predicted octanol–water partition coefficient (Wildman–Crippen LogP) is 1.54. The molecule has 0 aliphatic heterocycles. The van der Waals surface area contributed by atoms with Crippen molar-refractivity contribution in [2.45, 2.75) is 9.79 Å². The maximum atomic E-state index is 12.7. The van der Waals surface area contributed by atoms with E-state index in [9.17, 15) is 19.5 Å². The average Bonchev–Trinajstić information content (AvgIpc) is 2.95. The van der Waals surface area contributed by atoms with Crippen molar-refractivity contribution in [2.24, 2.45) is 0 Å². The molecule has 1 heterocycles. The Hall–Kier alpha value is -3.01.